The second-order valence-corrected chi connectivity index (χ2v) is 9.42. The molecule has 0 radical (unpaired) electrons. The summed E-state index contributed by atoms with van der Waals surface area (Å²) < 4.78 is 15.9. The Morgan fingerprint density at radius 3 is 2.59 bits per heavy atom. The Balaban J connectivity index is 1.46. The average molecular weight is 464 g/mol. The van der Waals surface area contributed by atoms with Gasteiger partial charge < -0.3 is 9.55 Å². The van der Waals surface area contributed by atoms with Crippen LogP contribution in [-0.4, -0.2) is 24.7 Å². The number of thioether (sulfide) groups is 1. The van der Waals surface area contributed by atoms with Crippen LogP contribution in [0.15, 0.2) is 69.9 Å². The third-order valence-corrected chi connectivity index (χ3v) is 7.18. The number of benzene rings is 2. The summed E-state index contributed by atoms with van der Waals surface area (Å²) in [6, 6.07) is 16.3. The molecule has 1 N–H and O–H groups in total. The zero-order valence-electron chi connectivity index (χ0n) is 17.2. The van der Waals surface area contributed by atoms with Gasteiger partial charge in [0.15, 0.2) is 11.0 Å². The van der Waals surface area contributed by atoms with Crippen molar-refractivity contribution in [2.75, 3.05) is 0 Å². The number of aromatic nitrogens is 5. The molecule has 1 atom stereocenters. The number of H-pyrrole nitrogens is 1. The molecule has 1 unspecified atom stereocenters. The van der Waals surface area contributed by atoms with Crippen LogP contribution >= 0.6 is 23.1 Å². The van der Waals surface area contributed by atoms with Gasteiger partial charge in [-0.15, -0.1) is 21.5 Å². The van der Waals surface area contributed by atoms with Crippen LogP contribution in [0, 0.1) is 5.82 Å². The lowest BCUT2D eigenvalue weighted by Gasteiger charge is -2.10. The number of aromatic amines is 1. The number of nitrogens with one attached hydrogen (secondary N) is 1. The molecule has 3 aromatic heterocycles. The van der Waals surface area contributed by atoms with Gasteiger partial charge in [0.25, 0.3) is 5.56 Å². The van der Waals surface area contributed by atoms with Gasteiger partial charge in [-0.05, 0) is 24.6 Å². The number of halogens is 1. The molecule has 0 aliphatic heterocycles. The summed E-state index contributed by atoms with van der Waals surface area (Å²) in [6.45, 7) is 1.94. The van der Waals surface area contributed by atoms with E-state index in [4.69, 9.17) is 4.98 Å². The number of rotatable bonds is 5. The fourth-order valence-electron chi connectivity index (χ4n) is 3.50. The van der Waals surface area contributed by atoms with Gasteiger partial charge in [-0.3, -0.25) is 4.79 Å². The predicted molar refractivity (Wildman–Crippen MR) is 126 cm³/mol. The van der Waals surface area contributed by atoms with Crippen molar-refractivity contribution in [3.8, 4) is 22.5 Å². The van der Waals surface area contributed by atoms with E-state index in [1.807, 2.05) is 42.6 Å². The standard InChI is InChI=1S/C23H18FN5OS2/c1-13(32-23-28-27-20(29(23)2)15-10-6-7-11-17(15)24)19-25-21(30)18-16(12-31-22(18)26-19)14-8-4-3-5-9-14/h3-13H,1-2H3,(H,25,26,30). The molecule has 2 aromatic carbocycles. The van der Waals surface area contributed by atoms with Crippen LogP contribution in [0.25, 0.3) is 32.7 Å². The number of thiophene rings is 1. The molecule has 32 heavy (non-hydrogen) atoms. The third-order valence-electron chi connectivity index (χ3n) is 5.16. The van der Waals surface area contributed by atoms with E-state index in [1.165, 1.54) is 29.2 Å². The molecular formula is C23H18FN5OS2. The Morgan fingerprint density at radius 2 is 1.81 bits per heavy atom. The minimum atomic E-state index is -0.351. The van der Waals surface area contributed by atoms with Crippen molar-refractivity contribution >= 4 is 33.3 Å². The summed E-state index contributed by atoms with van der Waals surface area (Å²) in [5.74, 6) is 0.654. The van der Waals surface area contributed by atoms with E-state index in [0.29, 0.717) is 32.6 Å². The highest BCUT2D eigenvalue weighted by Crippen LogP contribution is 2.35. The summed E-state index contributed by atoms with van der Waals surface area (Å²) in [5.41, 5.74) is 2.10. The molecule has 9 heteroatoms. The van der Waals surface area contributed by atoms with E-state index in [9.17, 15) is 9.18 Å². The van der Waals surface area contributed by atoms with Crippen molar-refractivity contribution in [3.05, 3.63) is 82.0 Å². The fraction of sp³-hybridized carbons (Fsp3) is 0.130. The molecule has 6 nitrogen and oxygen atoms in total. The van der Waals surface area contributed by atoms with Crippen molar-refractivity contribution < 1.29 is 4.39 Å². The Labute approximate surface area is 191 Å². The van der Waals surface area contributed by atoms with Crippen LogP contribution in [0.5, 0.6) is 0 Å². The van der Waals surface area contributed by atoms with Gasteiger partial charge >= 0.3 is 0 Å². The summed E-state index contributed by atoms with van der Waals surface area (Å²) in [7, 11) is 1.79. The second-order valence-electron chi connectivity index (χ2n) is 7.25. The zero-order chi connectivity index (χ0) is 22.2. The molecule has 0 saturated heterocycles. The van der Waals surface area contributed by atoms with Crippen LogP contribution in [0.3, 0.4) is 0 Å². The number of fused-ring (bicyclic) bond motifs is 1. The average Bonchev–Trinajstić information content (AvgIpc) is 3.39. The first-order chi connectivity index (χ1) is 15.5. The molecule has 3 heterocycles. The number of hydrogen-bond donors (Lipinski definition) is 1. The van der Waals surface area contributed by atoms with Gasteiger partial charge in [-0.25, -0.2) is 9.37 Å². The number of hydrogen-bond acceptors (Lipinski definition) is 6. The topological polar surface area (TPSA) is 76.5 Å². The van der Waals surface area contributed by atoms with E-state index in [1.54, 1.807) is 29.8 Å². The van der Waals surface area contributed by atoms with E-state index >= 15 is 0 Å². The van der Waals surface area contributed by atoms with Crippen LogP contribution in [0.2, 0.25) is 0 Å². The molecular weight excluding hydrogens is 445 g/mol. The maximum Gasteiger partial charge on any atom is 0.260 e. The maximum atomic E-state index is 14.2. The van der Waals surface area contributed by atoms with Crippen LogP contribution in [-0.2, 0) is 7.05 Å². The molecule has 5 aromatic rings. The van der Waals surface area contributed by atoms with Gasteiger partial charge in [-0.1, -0.05) is 54.2 Å². The van der Waals surface area contributed by atoms with Crippen molar-refractivity contribution in [3.63, 3.8) is 0 Å². The highest BCUT2D eigenvalue weighted by atomic mass is 32.2. The molecule has 0 aliphatic rings. The SMILES string of the molecule is CC(Sc1nnc(-c2ccccc2F)n1C)c1nc2scc(-c3ccccc3)c2c(=O)[nH]1. The lowest BCUT2D eigenvalue weighted by Crippen LogP contribution is -2.12. The zero-order valence-corrected chi connectivity index (χ0v) is 18.9. The molecule has 5 rings (SSSR count). The molecule has 0 fully saturated rings. The quantitative estimate of drug-likeness (QED) is 0.351. The Hall–Kier alpha value is -3.30. The largest absolute Gasteiger partial charge is 0.309 e. The van der Waals surface area contributed by atoms with Gasteiger partial charge in [0.2, 0.25) is 0 Å². The van der Waals surface area contributed by atoms with Crippen molar-refractivity contribution in [1.82, 2.24) is 24.7 Å². The third kappa shape index (κ3) is 3.63. The summed E-state index contributed by atoms with van der Waals surface area (Å²) in [6.07, 6.45) is 0. The Morgan fingerprint density at radius 1 is 1.06 bits per heavy atom. The molecule has 0 saturated carbocycles. The molecule has 0 spiro atoms. The fourth-order valence-corrected chi connectivity index (χ4v) is 5.32. The van der Waals surface area contributed by atoms with Gasteiger partial charge in [0.1, 0.15) is 16.5 Å². The maximum absolute atomic E-state index is 14.2. The monoisotopic (exact) mass is 463 g/mol. The minimum Gasteiger partial charge on any atom is -0.309 e. The van der Waals surface area contributed by atoms with E-state index < -0.39 is 0 Å². The predicted octanol–water partition coefficient (Wildman–Crippen LogP) is 5.44. The first-order valence-corrected chi connectivity index (χ1v) is 11.7. The molecule has 0 aliphatic carbocycles. The van der Waals surface area contributed by atoms with Gasteiger partial charge in [0, 0.05) is 18.0 Å². The van der Waals surface area contributed by atoms with Gasteiger partial charge in [-0.2, -0.15) is 0 Å². The Kier molecular flexibility index (Phi) is 5.36. The number of nitrogens with zero attached hydrogens (tertiary/aromatic N) is 4. The minimum absolute atomic E-state index is 0.164. The lowest BCUT2D eigenvalue weighted by atomic mass is 10.1. The highest BCUT2D eigenvalue weighted by molar-refractivity contribution is 7.99. The second kappa shape index (κ2) is 8.33. The highest BCUT2D eigenvalue weighted by Gasteiger charge is 2.20. The van der Waals surface area contributed by atoms with E-state index in [2.05, 4.69) is 15.2 Å². The molecule has 160 valence electrons. The summed E-state index contributed by atoms with van der Waals surface area (Å²) >= 11 is 2.86. The van der Waals surface area contributed by atoms with Crippen molar-refractivity contribution in [2.45, 2.75) is 17.3 Å². The van der Waals surface area contributed by atoms with E-state index in [-0.39, 0.29) is 16.6 Å². The smallest absolute Gasteiger partial charge is 0.260 e. The summed E-state index contributed by atoms with van der Waals surface area (Å²) in [5, 5.41) is 11.4. The summed E-state index contributed by atoms with van der Waals surface area (Å²) in [4.78, 5) is 21.3. The van der Waals surface area contributed by atoms with Crippen LogP contribution in [0.1, 0.15) is 18.0 Å². The van der Waals surface area contributed by atoms with Crippen molar-refractivity contribution in [2.24, 2.45) is 7.05 Å². The first kappa shape index (κ1) is 20.6. The Bertz CT molecular complexity index is 1480. The molecule has 0 amide bonds. The molecule has 0 bridgehead atoms. The lowest BCUT2D eigenvalue weighted by molar-refractivity contribution is 0.628. The van der Waals surface area contributed by atoms with Crippen molar-refractivity contribution in [1.29, 1.82) is 0 Å². The van der Waals surface area contributed by atoms with Gasteiger partial charge in [0.05, 0.1) is 16.2 Å². The first-order valence-electron chi connectivity index (χ1n) is 9.90. The van der Waals surface area contributed by atoms with Crippen LogP contribution in [0.4, 0.5) is 4.39 Å². The normalized spacial score (nSPS) is 12.3. The van der Waals surface area contributed by atoms with E-state index in [0.717, 1.165) is 11.1 Å². The van der Waals surface area contributed by atoms with Crippen LogP contribution < -0.4 is 5.56 Å².